The van der Waals surface area contributed by atoms with E-state index < -0.39 is 5.97 Å². The van der Waals surface area contributed by atoms with Crippen molar-refractivity contribution in [2.24, 2.45) is 0 Å². The van der Waals surface area contributed by atoms with Crippen LogP contribution in [-0.2, 0) is 24.1 Å². The van der Waals surface area contributed by atoms with Crippen molar-refractivity contribution >= 4 is 11.6 Å². The summed E-state index contributed by atoms with van der Waals surface area (Å²) in [5.74, 6) is 1.68. The number of hydrogen-bond donors (Lipinski definition) is 0. The van der Waals surface area contributed by atoms with E-state index in [1.807, 2.05) is 66.1 Å². The van der Waals surface area contributed by atoms with Crippen LogP contribution in [0.1, 0.15) is 47.9 Å². The highest BCUT2D eigenvalue weighted by Gasteiger charge is 2.22. The van der Waals surface area contributed by atoms with Crippen LogP contribution in [0.15, 0.2) is 77.3 Å². The molecule has 0 N–H and O–H groups in total. The molecule has 0 fully saturated rings. The first-order valence-electron chi connectivity index (χ1n) is 11.8. The topological polar surface area (TPSA) is 69.6 Å². The molecule has 0 aliphatic carbocycles. The number of hydrogen-bond acceptors (Lipinski definition) is 5. The van der Waals surface area contributed by atoms with Crippen LogP contribution in [0.25, 0.3) is 16.9 Å². The van der Waals surface area contributed by atoms with E-state index in [4.69, 9.17) is 19.1 Å². The third-order valence-electron chi connectivity index (χ3n) is 6.02. The van der Waals surface area contributed by atoms with Gasteiger partial charge in [-0.25, -0.2) is 9.97 Å². The number of furan rings is 1. The maximum atomic E-state index is 12.1. The minimum atomic E-state index is -0.402. The molecule has 0 radical (unpaired) electrons. The SMILES string of the molecule is CCc1cc(Cc2nc3c(Cc4ccccc4)nc(-c4ccccc4)cn3c2OC(C)=O)oc1C. The molecule has 176 valence electrons. The standard InChI is InChI=1S/C29H27N3O3/c1-4-22-16-24(34-19(22)2)17-26-29(35-20(3)33)32-18-27(23-13-9-6-10-14-23)30-25(28(32)31-26)15-21-11-7-5-8-12-21/h5-14,16,18H,4,15,17H2,1-3H3. The third kappa shape index (κ3) is 4.73. The highest BCUT2D eigenvalue weighted by atomic mass is 16.5. The summed E-state index contributed by atoms with van der Waals surface area (Å²) in [6, 6.07) is 22.2. The number of rotatable bonds is 7. The Bertz CT molecular complexity index is 1480. The average Bonchev–Trinajstić information content (AvgIpc) is 3.39. The second-order valence-corrected chi connectivity index (χ2v) is 8.58. The second-order valence-electron chi connectivity index (χ2n) is 8.58. The zero-order valence-corrected chi connectivity index (χ0v) is 20.1. The lowest BCUT2D eigenvalue weighted by Crippen LogP contribution is -2.07. The third-order valence-corrected chi connectivity index (χ3v) is 6.02. The number of carbonyl (C=O) groups is 1. The maximum Gasteiger partial charge on any atom is 0.309 e. The van der Waals surface area contributed by atoms with Crippen molar-refractivity contribution in [3.63, 3.8) is 0 Å². The summed E-state index contributed by atoms with van der Waals surface area (Å²) in [5.41, 5.74) is 6.15. The predicted octanol–water partition coefficient (Wildman–Crippen LogP) is 5.97. The van der Waals surface area contributed by atoms with Crippen LogP contribution in [-0.4, -0.2) is 20.3 Å². The Morgan fingerprint density at radius 3 is 2.34 bits per heavy atom. The fraction of sp³-hybridized carbons (Fsp3) is 0.207. The summed E-state index contributed by atoms with van der Waals surface area (Å²) in [4.78, 5) is 22.0. The van der Waals surface area contributed by atoms with Crippen LogP contribution < -0.4 is 4.74 Å². The quantitative estimate of drug-likeness (QED) is 0.277. The number of ether oxygens (including phenoxy) is 1. The van der Waals surface area contributed by atoms with Gasteiger partial charge in [0.1, 0.15) is 17.2 Å². The van der Waals surface area contributed by atoms with Crippen LogP contribution >= 0.6 is 0 Å². The van der Waals surface area contributed by atoms with Gasteiger partial charge in [0, 0.05) is 25.1 Å². The molecule has 0 saturated carbocycles. The van der Waals surface area contributed by atoms with Crippen molar-refractivity contribution in [1.82, 2.24) is 14.4 Å². The lowest BCUT2D eigenvalue weighted by molar-refractivity contribution is -0.132. The van der Waals surface area contributed by atoms with Crippen LogP contribution in [0, 0.1) is 6.92 Å². The van der Waals surface area contributed by atoms with Crippen molar-refractivity contribution in [2.45, 2.75) is 40.0 Å². The minimum Gasteiger partial charge on any atom is -0.466 e. The number of imidazole rings is 1. The normalized spacial score (nSPS) is 11.2. The van der Waals surface area contributed by atoms with Crippen molar-refractivity contribution in [1.29, 1.82) is 0 Å². The first-order valence-corrected chi connectivity index (χ1v) is 11.8. The Morgan fingerprint density at radius 1 is 0.971 bits per heavy atom. The van der Waals surface area contributed by atoms with Gasteiger partial charge in [-0.15, -0.1) is 0 Å². The van der Waals surface area contributed by atoms with E-state index in [0.29, 0.717) is 30.1 Å². The van der Waals surface area contributed by atoms with Gasteiger partial charge < -0.3 is 9.15 Å². The molecule has 0 aliphatic heterocycles. The molecule has 0 spiro atoms. The lowest BCUT2D eigenvalue weighted by atomic mass is 10.1. The van der Waals surface area contributed by atoms with Gasteiger partial charge in [0.2, 0.25) is 5.88 Å². The number of aryl methyl sites for hydroxylation is 2. The zero-order chi connectivity index (χ0) is 24.4. The smallest absolute Gasteiger partial charge is 0.309 e. The molecule has 35 heavy (non-hydrogen) atoms. The largest absolute Gasteiger partial charge is 0.466 e. The molecule has 0 unspecified atom stereocenters. The van der Waals surface area contributed by atoms with Gasteiger partial charge in [-0.2, -0.15) is 0 Å². The number of fused-ring (bicyclic) bond motifs is 1. The van der Waals surface area contributed by atoms with Gasteiger partial charge >= 0.3 is 5.97 Å². The molecule has 0 atom stereocenters. The van der Waals surface area contributed by atoms with Crippen LogP contribution in [0.4, 0.5) is 0 Å². The molecule has 3 heterocycles. The minimum absolute atomic E-state index is 0.397. The Balaban J connectivity index is 1.69. The molecule has 6 heteroatoms. The first-order chi connectivity index (χ1) is 17.0. The van der Waals surface area contributed by atoms with Gasteiger partial charge in [0.15, 0.2) is 5.65 Å². The van der Waals surface area contributed by atoms with Crippen LogP contribution in [0.5, 0.6) is 5.88 Å². The number of benzene rings is 2. The highest BCUT2D eigenvalue weighted by molar-refractivity contribution is 5.70. The molecule has 0 aliphatic rings. The van der Waals surface area contributed by atoms with Crippen molar-refractivity contribution < 1.29 is 13.9 Å². The average molecular weight is 466 g/mol. The van der Waals surface area contributed by atoms with Gasteiger partial charge in [-0.1, -0.05) is 67.6 Å². The van der Waals surface area contributed by atoms with Gasteiger partial charge in [0.05, 0.1) is 17.8 Å². The molecule has 0 bridgehead atoms. The van der Waals surface area contributed by atoms with E-state index in [1.54, 1.807) is 0 Å². The summed E-state index contributed by atoms with van der Waals surface area (Å²) in [6.45, 7) is 5.47. The summed E-state index contributed by atoms with van der Waals surface area (Å²) in [5, 5.41) is 0. The van der Waals surface area contributed by atoms with E-state index in [9.17, 15) is 4.79 Å². The van der Waals surface area contributed by atoms with E-state index in [0.717, 1.165) is 46.0 Å². The van der Waals surface area contributed by atoms with Gasteiger partial charge in [-0.3, -0.25) is 9.20 Å². The molecule has 5 aromatic rings. The number of aromatic nitrogens is 3. The molecular weight excluding hydrogens is 438 g/mol. The number of carbonyl (C=O) groups excluding carboxylic acids is 1. The summed E-state index contributed by atoms with van der Waals surface area (Å²) in [6.07, 6.45) is 3.79. The molecule has 3 aromatic heterocycles. The van der Waals surface area contributed by atoms with Crippen LogP contribution in [0.3, 0.4) is 0 Å². The van der Waals surface area contributed by atoms with E-state index in [1.165, 1.54) is 6.92 Å². The Labute approximate surface area is 204 Å². The monoisotopic (exact) mass is 465 g/mol. The fourth-order valence-electron chi connectivity index (χ4n) is 4.34. The molecule has 5 rings (SSSR count). The van der Waals surface area contributed by atoms with Gasteiger partial charge in [0.25, 0.3) is 0 Å². The summed E-state index contributed by atoms with van der Waals surface area (Å²) >= 11 is 0. The van der Waals surface area contributed by atoms with Gasteiger partial charge in [-0.05, 0) is 30.5 Å². The summed E-state index contributed by atoms with van der Waals surface area (Å²) < 4.78 is 13.5. The van der Waals surface area contributed by atoms with Crippen molar-refractivity contribution in [3.8, 4) is 17.1 Å². The summed E-state index contributed by atoms with van der Waals surface area (Å²) in [7, 11) is 0. The van der Waals surface area contributed by atoms with E-state index in [2.05, 4.69) is 25.1 Å². The number of esters is 1. The first kappa shape index (κ1) is 22.6. The number of nitrogens with zero attached hydrogens (tertiary/aromatic N) is 3. The van der Waals surface area contributed by atoms with Crippen molar-refractivity contribution in [3.05, 3.63) is 107 Å². The Kier molecular flexibility index (Phi) is 6.19. The fourth-order valence-corrected chi connectivity index (χ4v) is 4.34. The molecule has 0 amide bonds. The van der Waals surface area contributed by atoms with Crippen LogP contribution in [0.2, 0.25) is 0 Å². The second kappa shape index (κ2) is 9.58. The van der Waals surface area contributed by atoms with Crippen molar-refractivity contribution in [2.75, 3.05) is 0 Å². The molecular formula is C29H27N3O3. The molecule has 6 nitrogen and oxygen atoms in total. The highest BCUT2D eigenvalue weighted by Crippen LogP contribution is 2.30. The Hall–Kier alpha value is -4.19. The lowest BCUT2D eigenvalue weighted by Gasteiger charge is -2.10. The molecule has 2 aromatic carbocycles. The van der Waals surface area contributed by atoms with E-state index >= 15 is 0 Å². The maximum absolute atomic E-state index is 12.1. The molecule has 0 saturated heterocycles. The Morgan fingerprint density at radius 2 is 1.69 bits per heavy atom. The predicted molar refractivity (Wildman–Crippen MR) is 135 cm³/mol. The zero-order valence-electron chi connectivity index (χ0n) is 20.1. The van der Waals surface area contributed by atoms with E-state index in [-0.39, 0.29) is 0 Å².